The minimum atomic E-state index is -4.12. The Labute approximate surface area is 160 Å². The van der Waals surface area contributed by atoms with Crippen LogP contribution in [-0.2, 0) is 17.1 Å². The zero-order valence-electron chi connectivity index (χ0n) is 14.8. The number of hydrogen-bond donors (Lipinski definition) is 5. The van der Waals surface area contributed by atoms with Crippen LogP contribution in [0, 0.1) is 0 Å². The normalized spacial score (nSPS) is 29.0. The summed E-state index contributed by atoms with van der Waals surface area (Å²) in [7, 11) is 0. The highest BCUT2D eigenvalue weighted by Gasteiger charge is 2.68. The molecule has 5 N–H and O–H groups in total. The van der Waals surface area contributed by atoms with Crippen LogP contribution in [0.5, 0.6) is 0 Å². The van der Waals surface area contributed by atoms with Crippen molar-refractivity contribution >= 4 is 0 Å². The van der Waals surface area contributed by atoms with Crippen molar-refractivity contribution in [2.24, 2.45) is 0 Å². The Morgan fingerprint density at radius 3 is 2.29 bits per heavy atom. The summed E-state index contributed by atoms with van der Waals surface area (Å²) in [6.07, 6.45) is -7.81. The molecule has 0 saturated carbocycles. The molecular formula is C20H22F2O6. The number of alkyl halides is 2. The van der Waals surface area contributed by atoms with E-state index in [0.29, 0.717) is 0 Å². The first-order valence-corrected chi connectivity index (χ1v) is 8.77. The lowest BCUT2D eigenvalue weighted by atomic mass is 9.89. The lowest BCUT2D eigenvalue weighted by Crippen LogP contribution is -2.55. The van der Waals surface area contributed by atoms with E-state index < -0.39 is 48.3 Å². The van der Waals surface area contributed by atoms with Crippen molar-refractivity contribution in [1.82, 2.24) is 0 Å². The standard InChI is InChI=1S/C20H22F2O6/c21-19(22,20(27)18(26)16(25)17(28-20)15(24)11-23)14-9-5-4-8-13(14)10-12-6-2-1-3-7-12/h1-9,15-18,23-27H,10-11H2/t15-,16-,17?,18+,20?/m0/s1. The van der Waals surface area contributed by atoms with Crippen LogP contribution in [-0.4, -0.2) is 62.3 Å². The molecule has 2 aromatic carbocycles. The second kappa shape index (κ2) is 7.82. The van der Waals surface area contributed by atoms with Crippen LogP contribution in [0.3, 0.4) is 0 Å². The second-order valence-corrected chi connectivity index (χ2v) is 6.86. The van der Waals surface area contributed by atoms with Crippen LogP contribution in [0.1, 0.15) is 16.7 Å². The zero-order valence-corrected chi connectivity index (χ0v) is 14.8. The van der Waals surface area contributed by atoms with Crippen molar-refractivity contribution in [2.45, 2.75) is 42.5 Å². The fourth-order valence-electron chi connectivity index (χ4n) is 3.42. The predicted octanol–water partition coefficient (Wildman–Crippen LogP) is 0.532. The van der Waals surface area contributed by atoms with Crippen LogP contribution in [0.4, 0.5) is 8.78 Å². The Hall–Kier alpha value is -1.94. The van der Waals surface area contributed by atoms with Crippen LogP contribution in [0.15, 0.2) is 54.6 Å². The molecule has 0 spiro atoms. The van der Waals surface area contributed by atoms with E-state index >= 15 is 8.78 Å². The maximum atomic E-state index is 15.4. The highest BCUT2D eigenvalue weighted by Crippen LogP contribution is 2.48. The summed E-state index contributed by atoms with van der Waals surface area (Å²) in [6.45, 7) is -0.902. The molecule has 0 aromatic heterocycles. The molecule has 3 rings (SSSR count). The summed E-state index contributed by atoms with van der Waals surface area (Å²) in [4.78, 5) is 0. The smallest absolute Gasteiger partial charge is 0.328 e. The van der Waals surface area contributed by atoms with Gasteiger partial charge >= 0.3 is 5.92 Å². The molecule has 0 aliphatic carbocycles. The average Bonchev–Trinajstić information content (AvgIpc) is 2.94. The molecule has 28 heavy (non-hydrogen) atoms. The summed E-state index contributed by atoms with van der Waals surface area (Å²) in [5.41, 5.74) is 0.384. The predicted molar refractivity (Wildman–Crippen MR) is 94.5 cm³/mol. The lowest BCUT2D eigenvalue weighted by molar-refractivity contribution is -0.344. The maximum absolute atomic E-state index is 15.4. The number of rotatable bonds is 6. The van der Waals surface area contributed by atoms with Gasteiger partial charge in [0.2, 0.25) is 0 Å². The van der Waals surface area contributed by atoms with Gasteiger partial charge in [-0.1, -0.05) is 54.6 Å². The van der Waals surface area contributed by atoms with Crippen molar-refractivity contribution in [1.29, 1.82) is 0 Å². The highest BCUT2D eigenvalue weighted by atomic mass is 19.3. The van der Waals surface area contributed by atoms with Crippen molar-refractivity contribution in [3.63, 3.8) is 0 Å². The zero-order chi connectivity index (χ0) is 20.5. The molecule has 8 heteroatoms. The second-order valence-electron chi connectivity index (χ2n) is 6.86. The molecule has 2 unspecified atom stereocenters. The molecule has 0 bridgehead atoms. The first-order chi connectivity index (χ1) is 13.2. The molecule has 1 fully saturated rings. The SMILES string of the molecule is OC[C@H](O)C1OC(O)(C(F)(F)c2ccccc2Cc2ccccc2)[C@H](O)[C@H]1O. The highest BCUT2D eigenvalue weighted by molar-refractivity contribution is 5.37. The van der Waals surface area contributed by atoms with Crippen molar-refractivity contribution in [2.75, 3.05) is 6.61 Å². The quantitative estimate of drug-likeness (QED) is 0.487. The van der Waals surface area contributed by atoms with Crippen molar-refractivity contribution in [3.8, 4) is 0 Å². The van der Waals surface area contributed by atoms with Gasteiger partial charge in [0, 0.05) is 5.56 Å². The van der Waals surface area contributed by atoms with Gasteiger partial charge in [-0.2, -0.15) is 8.78 Å². The van der Waals surface area contributed by atoms with Crippen molar-refractivity contribution < 1.29 is 39.1 Å². The monoisotopic (exact) mass is 396 g/mol. The molecule has 0 amide bonds. The number of halogens is 2. The number of benzene rings is 2. The third-order valence-electron chi connectivity index (χ3n) is 4.99. The molecule has 5 atom stereocenters. The van der Waals surface area contributed by atoms with Gasteiger partial charge in [0.15, 0.2) is 0 Å². The summed E-state index contributed by atoms with van der Waals surface area (Å²) in [5.74, 6) is -7.61. The molecular weight excluding hydrogens is 374 g/mol. The number of hydrogen-bond acceptors (Lipinski definition) is 6. The van der Waals surface area contributed by atoms with Crippen LogP contribution in [0.2, 0.25) is 0 Å². The Kier molecular flexibility index (Phi) is 5.81. The number of ether oxygens (including phenoxy) is 1. The third-order valence-corrected chi connectivity index (χ3v) is 4.99. The fourth-order valence-corrected chi connectivity index (χ4v) is 3.42. The Balaban J connectivity index is 1.99. The van der Waals surface area contributed by atoms with Crippen LogP contribution in [0.25, 0.3) is 0 Å². The largest absolute Gasteiger partial charge is 0.394 e. The molecule has 1 saturated heterocycles. The van der Waals surface area contributed by atoms with Crippen LogP contribution < -0.4 is 0 Å². The first-order valence-electron chi connectivity index (χ1n) is 8.77. The maximum Gasteiger partial charge on any atom is 0.328 e. The third kappa shape index (κ3) is 3.43. The van der Waals surface area contributed by atoms with Gasteiger partial charge < -0.3 is 30.3 Å². The van der Waals surface area contributed by atoms with Gasteiger partial charge in [-0.3, -0.25) is 0 Å². The number of aliphatic hydroxyl groups is 5. The molecule has 152 valence electrons. The first kappa shape index (κ1) is 20.8. The fraction of sp³-hybridized carbons (Fsp3) is 0.400. The van der Waals surface area contributed by atoms with Gasteiger partial charge in [-0.15, -0.1) is 0 Å². The molecule has 0 radical (unpaired) electrons. The topological polar surface area (TPSA) is 110 Å². The lowest BCUT2D eigenvalue weighted by Gasteiger charge is -2.35. The van der Waals surface area contributed by atoms with Gasteiger partial charge in [0.1, 0.15) is 24.4 Å². The summed E-state index contributed by atoms with van der Waals surface area (Å²) in [6, 6.07) is 14.4. The van der Waals surface area contributed by atoms with E-state index in [4.69, 9.17) is 9.84 Å². The number of aliphatic hydroxyl groups excluding tert-OH is 4. The van der Waals surface area contributed by atoms with E-state index in [1.807, 2.05) is 0 Å². The van der Waals surface area contributed by atoms with E-state index in [-0.39, 0.29) is 12.0 Å². The minimum absolute atomic E-state index is 0.143. The summed E-state index contributed by atoms with van der Waals surface area (Å²) in [5, 5.41) is 49.3. The van der Waals surface area contributed by atoms with Gasteiger partial charge in [-0.05, 0) is 17.5 Å². The average molecular weight is 396 g/mol. The van der Waals surface area contributed by atoms with Gasteiger partial charge in [-0.25, -0.2) is 0 Å². The molecule has 1 aliphatic heterocycles. The Bertz CT molecular complexity index is 802. The van der Waals surface area contributed by atoms with E-state index in [0.717, 1.165) is 11.6 Å². The summed E-state index contributed by atoms with van der Waals surface area (Å²) >= 11 is 0. The molecule has 6 nitrogen and oxygen atoms in total. The summed E-state index contributed by atoms with van der Waals surface area (Å²) < 4.78 is 35.6. The minimum Gasteiger partial charge on any atom is -0.394 e. The van der Waals surface area contributed by atoms with E-state index in [2.05, 4.69) is 0 Å². The van der Waals surface area contributed by atoms with Gasteiger partial charge in [0.25, 0.3) is 5.79 Å². The van der Waals surface area contributed by atoms with Gasteiger partial charge in [0.05, 0.1) is 6.61 Å². The Morgan fingerprint density at radius 2 is 1.64 bits per heavy atom. The molecule has 1 aliphatic rings. The molecule has 1 heterocycles. The van der Waals surface area contributed by atoms with Crippen molar-refractivity contribution in [3.05, 3.63) is 71.3 Å². The molecule has 2 aromatic rings. The van der Waals surface area contributed by atoms with E-state index in [9.17, 15) is 20.4 Å². The van der Waals surface area contributed by atoms with Crippen LogP contribution >= 0.6 is 0 Å². The Morgan fingerprint density at radius 1 is 1.04 bits per heavy atom. The van der Waals surface area contributed by atoms with E-state index in [1.54, 1.807) is 36.4 Å². The van der Waals surface area contributed by atoms with E-state index in [1.165, 1.54) is 12.1 Å².